The van der Waals surface area contributed by atoms with Crippen molar-refractivity contribution in [2.75, 3.05) is 44.7 Å². The molecule has 1 fully saturated rings. The van der Waals surface area contributed by atoms with Gasteiger partial charge in [-0.3, -0.25) is 4.79 Å². The molecular weight excluding hydrogens is 350 g/mol. The number of hydrogen-bond acceptors (Lipinski definition) is 4. The first-order valence-corrected chi connectivity index (χ1v) is 10.0. The highest BCUT2D eigenvalue weighted by molar-refractivity contribution is 5.78. The zero-order chi connectivity index (χ0) is 19.9. The summed E-state index contributed by atoms with van der Waals surface area (Å²) in [5, 5.41) is 3.47. The summed E-state index contributed by atoms with van der Waals surface area (Å²) < 4.78 is 5.47. The molecule has 1 aliphatic rings. The number of benzene rings is 2. The molecule has 2 aromatic rings. The number of para-hydroxylation sites is 2. The largest absolute Gasteiger partial charge is 0.495 e. The fourth-order valence-corrected chi connectivity index (χ4v) is 3.80. The average molecular weight is 382 g/mol. The topological polar surface area (TPSA) is 44.8 Å². The quantitative estimate of drug-likeness (QED) is 0.799. The first-order valence-electron chi connectivity index (χ1n) is 10.0. The van der Waals surface area contributed by atoms with E-state index in [9.17, 15) is 4.79 Å². The zero-order valence-electron chi connectivity index (χ0n) is 17.1. The normalized spacial score (nSPS) is 15.6. The molecule has 0 radical (unpaired) electrons. The Labute approximate surface area is 168 Å². The second-order valence-corrected chi connectivity index (χ2v) is 7.55. The molecule has 150 valence electrons. The van der Waals surface area contributed by atoms with Gasteiger partial charge in [-0.15, -0.1) is 0 Å². The monoisotopic (exact) mass is 381 g/mol. The van der Waals surface area contributed by atoms with Crippen LogP contribution in [0.15, 0.2) is 54.6 Å². The van der Waals surface area contributed by atoms with Crippen molar-refractivity contribution in [1.82, 2.24) is 10.2 Å². The molecule has 1 amide bonds. The number of piperazine rings is 1. The van der Waals surface area contributed by atoms with E-state index < -0.39 is 0 Å². The molecule has 1 atom stereocenters. The predicted octanol–water partition coefficient (Wildman–Crippen LogP) is 3.33. The summed E-state index contributed by atoms with van der Waals surface area (Å²) in [6, 6.07) is 18.6. The van der Waals surface area contributed by atoms with Crippen molar-refractivity contribution in [3.63, 3.8) is 0 Å². The Morgan fingerprint density at radius 3 is 2.29 bits per heavy atom. The van der Waals surface area contributed by atoms with Gasteiger partial charge < -0.3 is 19.9 Å². The summed E-state index contributed by atoms with van der Waals surface area (Å²) in [4.78, 5) is 17.0. The van der Waals surface area contributed by atoms with Crippen molar-refractivity contribution in [3.8, 4) is 5.75 Å². The minimum Gasteiger partial charge on any atom is -0.495 e. The van der Waals surface area contributed by atoms with E-state index in [1.165, 1.54) is 5.56 Å². The van der Waals surface area contributed by atoms with E-state index in [0.717, 1.165) is 37.6 Å². The van der Waals surface area contributed by atoms with Crippen LogP contribution < -0.4 is 15.0 Å². The van der Waals surface area contributed by atoms with Gasteiger partial charge in [0.1, 0.15) is 5.75 Å². The van der Waals surface area contributed by atoms with Crippen LogP contribution in [-0.2, 0) is 4.79 Å². The van der Waals surface area contributed by atoms with E-state index in [1.54, 1.807) is 7.11 Å². The van der Waals surface area contributed by atoms with Crippen molar-refractivity contribution in [2.45, 2.75) is 19.9 Å². The van der Waals surface area contributed by atoms with Crippen molar-refractivity contribution >= 4 is 11.6 Å². The number of carbonyl (C=O) groups excluding carboxylic acids is 1. The van der Waals surface area contributed by atoms with Gasteiger partial charge in [0.2, 0.25) is 5.91 Å². The molecule has 0 spiro atoms. The Kier molecular flexibility index (Phi) is 6.93. The van der Waals surface area contributed by atoms with Crippen LogP contribution in [0.4, 0.5) is 5.69 Å². The van der Waals surface area contributed by atoms with Crippen molar-refractivity contribution < 1.29 is 9.53 Å². The predicted molar refractivity (Wildman–Crippen MR) is 114 cm³/mol. The second-order valence-electron chi connectivity index (χ2n) is 7.55. The Morgan fingerprint density at radius 2 is 1.64 bits per heavy atom. The average Bonchev–Trinajstić information content (AvgIpc) is 2.74. The van der Waals surface area contributed by atoms with Crippen molar-refractivity contribution in [2.24, 2.45) is 5.92 Å². The van der Waals surface area contributed by atoms with Gasteiger partial charge in [-0.2, -0.15) is 0 Å². The highest BCUT2D eigenvalue weighted by atomic mass is 16.5. The van der Waals surface area contributed by atoms with Gasteiger partial charge in [0.25, 0.3) is 0 Å². The number of rotatable bonds is 7. The Morgan fingerprint density at radius 1 is 1.00 bits per heavy atom. The second kappa shape index (κ2) is 9.60. The number of anilines is 1. The summed E-state index contributed by atoms with van der Waals surface area (Å²) in [6.07, 6.45) is 0. The van der Waals surface area contributed by atoms with E-state index in [4.69, 9.17) is 4.74 Å². The molecular formula is C23H31N3O2. The lowest BCUT2D eigenvalue weighted by molar-refractivity contribution is -0.130. The number of carbonyl (C=O) groups is 1. The van der Waals surface area contributed by atoms with Gasteiger partial charge in [-0.25, -0.2) is 0 Å². The van der Waals surface area contributed by atoms with Crippen LogP contribution in [-0.4, -0.2) is 50.6 Å². The fourth-order valence-electron chi connectivity index (χ4n) is 3.80. The number of nitrogens with zero attached hydrogens (tertiary/aromatic N) is 2. The molecule has 3 rings (SSSR count). The van der Waals surface area contributed by atoms with Crippen LogP contribution >= 0.6 is 0 Å². The van der Waals surface area contributed by atoms with Gasteiger partial charge in [-0.1, -0.05) is 56.3 Å². The fraction of sp³-hybridized carbons (Fsp3) is 0.435. The maximum atomic E-state index is 12.7. The third-order valence-electron chi connectivity index (χ3n) is 5.36. The molecule has 1 saturated heterocycles. The smallest absolute Gasteiger partial charge is 0.236 e. The number of ether oxygens (including phenoxy) is 1. The lowest BCUT2D eigenvalue weighted by atomic mass is 9.96. The van der Waals surface area contributed by atoms with Crippen molar-refractivity contribution in [3.05, 3.63) is 60.2 Å². The van der Waals surface area contributed by atoms with E-state index >= 15 is 0 Å². The number of nitrogens with one attached hydrogen (secondary N) is 1. The summed E-state index contributed by atoms with van der Waals surface area (Å²) in [6.45, 7) is 7.83. The van der Waals surface area contributed by atoms with Gasteiger partial charge in [0.05, 0.1) is 19.3 Å². The molecule has 0 saturated carbocycles. The molecule has 2 aromatic carbocycles. The summed E-state index contributed by atoms with van der Waals surface area (Å²) in [7, 11) is 1.70. The molecule has 0 aromatic heterocycles. The van der Waals surface area contributed by atoms with Crippen LogP contribution in [0.1, 0.15) is 25.5 Å². The lowest BCUT2D eigenvalue weighted by Gasteiger charge is -2.37. The standard InChI is InChI=1S/C23H31N3O2/c1-18(2)23(19-9-5-4-6-10-19)24-17-22(27)26-15-13-25(14-16-26)20-11-7-8-12-21(20)28-3/h4-12,18,23-24H,13-17H2,1-3H3/t23-/m0/s1. The Bertz CT molecular complexity index is 755. The first kappa shape index (κ1) is 20.2. The molecule has 0 unspecified atom stereocenters. The Balaban J connectivity index is 1.54. The summed E-state index contributed by atoms with van der Waals surface area (Å²) in [5.41, 5.74) is 2.32. The van der Waals surface area contributed by atoms with Crippen LogP contribution in [0.5, 0.6) is 5.75 Å². The van der Waals surface area contributed by atoms with Gasteiger partial charge in [-0.05, 0) is 23.6 Å². The zero-order valence-corrected chi connectivity index (χ0v) is 17.1. The molecule has 1 aliphatic heterocycles. The molecule has 5 heteroatoms. The highest BCUT2D eigenvalue weighted by Crippen LogP contribution is 2.28. The maximum Gasteiger partial charge on any atom is 0.236 e. The molecule has 1 heterocycles. The molecule has 28 heavy (non-hydrogen) atoms. The third kappa shape index (κ3) is 4.84. The van der Waals surface area contributed by atoms with Crippen LogP contribution in [0.3, 0.4) is 0 Å². The number of methoxy groups -OCH3 is 1. The molecule has 0 bridgehead atoms. The van der Waals surface area contributed by atoms with Crippen LogP contribution in [0, 0.1) is 5.92 Å². The number of amides is 1. The Hall–Kier alpha value is -2.53. The van der Waals surface area contributed by atoms with E-state index in [-0.39, 0.29) is 11.9 Å². The van der Waals surface area contributed by atoms with Crippen LogP contribution in [0.2, 0.25) is 0 Å². The number of hydrogen-bond donors (Lipinski definition) is 1. The van der Waals surface area contributed by atoms with Gasteiger partial charge >= 0.3 is 0 Å². The van der Waals surface area contributed by atoms with E-state index in [0.29, 0.717) is 12.5 Å². The minimum absolute atomic E-state index is 0.168. The first-order chi connectivity index (χ1) is 13.6. The molecule has 1 N–H and O–H groups in total. The third-order valence-corrected chi connectivity index (χ3v) is 5.36. The van der Waals surface area contributed by atoms with Crippen molar-refractivity contribution in [1.29, 1.82) is 0 Å². The molecule has 0 aliphatic carbocycles. The van der Waals surface area contributed by atoms with Gasteiger partial charge in [0, 0.05) is 32.2 Å². The summed E-state index contributed by atoms with van der Waals surface area (Å²) >= 11 is 0. The SMILES string of the molecule is COc1ccccc1N1CCN(C(=O)CN[C@H](c2ccccc2)C(C)C)CC1. The van der Waals surface area contributed by atoms with Crippen LogP contribution in [0.25, 0.3) is 0 Å². The summed E-state index contributed by atoms with van der Waals surface area (Å²) in [5.74, 6) is 1.46. The highest BCUT2D eigenvalue weighted by Gasteiger charge is 2.24. The molecule has 5 nitrogen and oxygen atoms in total. The lowest BCUT2D eigenvalue weighted by Crippen LogP contribution is -2.51. The minimum atomic E-state index is 0.168. The van der Waals surface area contributed by atoms with E-state index in [1.807, 2.05) is 41.3 Å². The maximum absolute atomic E-state index is 12.7. The van der Waals surface area contributed by atoms with E-state index in [2.05, 4.69) is 42.3 Å². The van der Waals surface area contributed by atoms with Gasteiger partial charge in [0.15, 0.2) is 0 Å².